The molecule has 1 atom stereocenters. The third kappa shape index (κ3) is 4.01. The number of aryl methyl sites for hydroxylation is 1. The Hall–Kier alpha value is -0.510. The van der Waals surface area contributed by atoms with E-state index in [-0.39, 0.29) is 0 Å². The second kappa shape index (κ2) is 7.82. The van der Waals surface area contributed by atoms with Crippen molar-refractivity contribution < 1.29 is 5.11 Å². The minimum absolute atomic E-state index is 0.316. The summed E-state index contributed by atoms with van der Waals surface area (Å²) in [6.45, 7) is 1.38. The fourth-order valence-corrected chi connectivity index (χ4v) is 3.34. The zero-order valence-corrected chi connectivity index (χ0v) is 11.7. The Bertz CT molecular complexity index is 356. The molecule has 0 bridgehead atoms. The van der Waals surface area contributed by atoms with Crippen LogP contribution in [0.5, 0.6) is 0 Å². The van der Waals surface area contributed by atoms with Crippen molar-refractivity contribution >= 4 is 11.8 Å². The highest BCUT2D eigenvalue weighted by molar-refractivity contribution is 7.99. The van der Waals surface area contributed by atoms with Crippen LogP contribution < -0.4 is 5.32 Å². The number of thioether (sulfide) groups is 1. The van der Waals surface area contributed by atoms with Gasteiger partial charge in [-0.3, -0.25) is 0 Å². The van der Waals surface area contributed by atoms with E-state index in [9.17, 15) is 0 Å². The fraction of sp³-hybridized carbons (Fsp3) is 0.600. The first kappa shape index (κ1) is 13.9. The second-order valence-corrected chi connectivity index (χ2v) is 6.01. The van der Waals surface area contributed by atoms with Gasteiger partial charge in [0, 0.05) is 24.9 Å². The summed E-state index contributed by atoms with van der Waals surface area (Å²) in [5, 5.41) is 12.4. The van der Waals surface area contributed by atoms with Gasteiger partial charge in [-0.05, 0) is 42.6 Å². The van der Waals surface area contributed by atoms with Gasteiger partial charge in [0.2, 0.25) is 0 Å². The summed E-state index contributed by atoms with van der Waals surface area (Å²) in [5.74, 6) is 2.21. The number of hydrogen-bond acceptors (Lipinski definition) is 3. The van der Waals surface area contributed by atoms with Crippen molar-refractivity contribution in [1.82, 2.24) is 5.32 Å². The van der Waals surface area contributed by atoms with Crippen molar-refractivity contribution in [2.24, 2.45) is 0 Å². The lowest BCUT2D eigenvalue weighted by Crippen LogP contribution is -2.27. The summed E-state index contributed by atoms with van der Waals surface area (Å²) in [6, 6.07) is 9.37. The number of aliphatic hydroxyl groups is 1. The van der Waals surface area contributed by atoms with Crippen molar-refractivity contribution in [3.63, 3.8) is 0 Å². The summed E-state index contributed by atoms with van der Waals surface area (Å²) in [5.41, 5.74) is 3.03. The van der Waals surface area contributed by atoms with Crippen molar-refractivity contribution in [3.8, 4) is 0 Å². The molecule has 1 aromatic carbocycles. The predicted octanol–water partition coefficient (Wildman–Crippen LogP) is 2.77. The van der Waals surface area contributed by atoms with E-state index in [0.29, 0.717) is 12.6 Å². The van der Waals surface area contributed by atoms with Crippen LogP contribution in [0.1, 0.15) is 36.4 Å². The van der Waals surface area contributed by atoms with Gasteiger partial charge in [0.05, 0.1) is 0 Å². The fourth-order valence-electron chi connectivity index (χ4n) is 2.54. The Labute approximate surface area is 114 Å². The number of benzene rings is 1. The van der Waals surface area contributed by atoms with E-state index in [4.69, 9.17) is 5.11 Å². The SMILES string of the molecule is OCCCSCCNC1CCCc2ccccc21. The Morgan fingerprint density at radius 3 is 3.06 bits per heavy atom. The van der Waals surface area contributed by atoms with Gasteiger partial charge in [0.15, 0.2) is 0 Å². The summed E-state index contributed by atoms with van der Waals surface area (Å²) >= 11 is 1.93. The van der Waals surface area contributed by atoms with Crippen LogP contribution in [-0.4, -0.2) is 29.8 Å². The largest absolute Gasteiger partial charge is 0.396 e. The molecule has 2 nitrogen and oxygen atoms in total. The first-order valence-corrected chi connectivity index (χ1v) is 8.07. The van der Waals surface area contributed by atoms with Gasteiger partial charge in [0.1, 0.15) is 0 Å². The van der Waals surface area contributed by atoms with Gasteiger partial charge in [0.25, 0.3) is 0 Å². The molecule has 1 aliphatic rings. The van der Waals surface area contributed by atoms with E-state index in [0.717, 1.165) is 24.5 Å². The number of nitrogens with one attached hydrogen (secondary N) is 1. The van der Waals surface area contributed by atoms with Crippen LogP contribution in [0.25, 0.3) is 0 Å². The Balaban J connectivity index is 1.74. The molecule has 100 valence electrons. The molecule has 0 saturated carbocycles. The lowest BCUT2D eigenvalue weighted by atomic mass is 9.88. The molecule has 0 heterocycles. The predicted molar refractivity (Wildman–Crippen MR) is 79.2 cm³/mol. The van der Waals surface area contributed by atoms with Gasteiger partial charge >= 0.3 is 0 Å². The molecule has 1 unspecified atom stereocenters. The topological polar surface area (TPSA) is 32.3 Å². The third-order valence-corrected chi connectivity index (χ3v) is 4.52. The Kier molecular flexibility index (Phi) is 6.05. The van der Waals surface area contributed by atoms with Gasteiger partial charge in [-0.1, -0.05) is 24.3 Å². The number of hydrogen-bond donors (Lipinski definition) is 2. The molecule has 0 aromatic heterocycles. The number of rotatable bonds is 7. The summed E-state index contributed by atoms with van der Waals surface area (Å²) in [6.07, 6.45) is 4.71. The van der Waals surface area contributed by atoms with E-state index >= 15 is 0 Å². The van der Waals surface area contributed by atoms with Gasteiger partial charge in [-0.2, -0.15) is 11.8 Å². The zero-order valence-electron chi connectivity index (χ0n) is 10.9. The van der Waals surface area contributed by atoms with E-state index < -0.39 is 0 Å². The molecule has 0 spiro atoms. The quantitative estimate of drug-likeness (QED) is 0.744. The van der Waals surface area contributed by atoms with Crippen molar-refractivity contribution in [3.05, 3.63) is 35.4 Å². The van der Waals surface area contributed by atoms with E-state index in [1.54, 1.807) is 0 Å². The molecule has 0 radical (unpaired) electrons. The first-order valence-electron chi connectivity index (χ1n) is 6.91. The second-order valence-electron chi connectivity index (χ2n) is 4.79. The molecular formula is C15H23NOS. The number of fused-ring (bicyclic) bond motifs is 1. The van der Waals surface area contributed by atoms with Gasteiger partial charge in [-0.25, -0.2) is 0 Å². The van der Waals surface area contributed by atoms with Crippen LogP contribution in [0.2, 0.25) is 0 Å². The van der Waals surface area contributed by atoms with Crippen molar-refractivity contribution in [2.45, 2.75) is 31.7 Å². The minimum Gasteiger partial charge on any atom is -0.396 e. The maximum Gasteiger partial charge on any atom is 0.0438 e. The first-order chi connectivity index (χ1) is 8.92. The molecule has 1 aliphatic carbocycles. The highest BCUT2D eigenvalue weighted by atomic mass is 32.2. The smallest absolute Gasteiger partial charge is 0.0438 e. The van der Waals surface area contributed by atoms with E-state index in [1.807, 2.05) is 11.8 Å². The summed E-state index contributed by atoms with van der Waals surface area (Å²) in [4.78, 5) is 0. The molecule has 2 N–H and O–H groups in total. The van der Waals surface area contributed by atoms with E-state index in [1.165, 1.54) is 30.4 Å². The minimum atomic E-state index is 0.316. The van der Waals surface area contributed by atoms with Crippen LogP contribution in [-0.2, 0) is 6.42 Å². The highest BCUT2D eigenvalue weighted by Gasteiger charge is 2.18. The molecule has 0 amide bonds. The van der Waals surface area contributed by atoms with E-state index in [2.05, 4.69) is 29.6 Å². The van der Waals surface area contributed by atoms with Crippen LogP contribution in [0, 0.1) is 0 Å². The molecule has 0 aliphatic heterocycles. The molecule has 2 rings (SSSR count). The van der Waals surface area contributed by atoms with Gasteiger partial charge < -0.3 is 10.4 Å². The Morgan fingerprint density at radius 1 is 1.28 bits per heavy atom. The standard InChI is InChI=1S/C15H23NOS/c17-10-4-11-18-12-9-16-15-8-3-6-13-5-1-2-7-14(13)15/h1-2,5,7,15-17H,3-4,6,8-12H2. The summed E-state index contributed by atoms with van der Waals surface area (Å²) < 4.78 is 0. The highest BCUT2D eigenvalue weighted by Crippen LogP contribution is 2.29. The monoisotopic (exact) mass is 265 g/mol. The zero-order chi connectivity index (χ0) is 12.6. The average molecular weight is 265 g/mol. The molecule has 18 heavy (non-hydrogen) atoms. The molecular weight excluding hydrogens is 242 g/mol. The lowest BCUT2D eigenvalue weighted by molar-refractivity contribution is 0.296. The third-order valence-electron chi connectivity index (χ3n) is 3.45. The normalized spacial score (nSPS) is 18.6. The van der Waals surface area contributed by atoms with Crippen LogP contribution >= 0.6 is 11.8 Å². The number of aliphatic hydroxyl groups excluding tert-OH is 1. The summed E-state index contributed by atoms with van der Waals surface area (Å²) in [7, 11) is 0. The molecule has 0 saturated heterocycles. The maximum absolute atomic E-state index is 8.71. The van der Waals surface area contributed by atoms with Crippen molar-refractivity contribution in [1.29, 1.82) is 0 Å². The average Bonchev–Trinajstić information content (AvgIpc) is 2.43. The van der Waals surface area contributed by atoms with Crippen LogP contribution in [0.4, 0.5) is 0 Å². The Morgan fingerprint density at radius 2 is 2.17 bits per heavy atom. The molecule has 3 heteroatoms. The van der Waals surface area contributed by atoms with Gasteiger partial charge in [-0.15, -0.1) is 0 Å². The van der Waals surface area contributed by atoms with Crippen LogP contribution in [0.3, 0.4) is 0 Å². The van der Waals surface area contributed by atoms with Crippen molar-refractivity contribution in [2.75, 3.05) is 24.7 Å². The molecule has 0 fully saturated rings. The maximum atomic E-state index is 8.71. The molecule has 1 aromatic rings. The van der Waals surface area contributed by atoms with Crippen LogP contribution in [0.15, 0.2) is 24.3 Å². The lowest BCUT2D eigenvalue weighted by Gasteiger charge is -2.26.